The van der Waals surface area contributed by atoms with Gasteiger partial charge in [0, 0.05) is 30.2 Å². The molecule has 2 aromatic heterocycles. The Morgan fingerprint density at radius 3 is 2.85 bits per heavy atom. The smallest absolute Gasteiger partial charge is 0.241 e. The molecule has 1 aliphatic rings. The van der Waals surface area contributed by atoms with Crippen molar-refractivity contribution in [1.29, 1.82) is 0 Å². The van der Waals surface area contributed by atoms with E-state index in [1.54, 1.807) is 35.4 Å². The summed E-state index contributed by atoms with van der Waals surface area (Å²) in [6.07, 6.45) is 2.37. The second-order valence-electron chi connectivity index (χ2n) is 8.24. The number of pyridine rings is 1. The molecule has 0 saturated carbocycles. The number of amides is 1. The summed E-state index contributed by atoms with van der Waals surface area (Å²) < 4.78 is 28.3. The maximum Gasteiger partial charge on any atom is 0.241 e. The summed E-state index contributed by atoms with van der Waals surface area (Å²) in [6.45, 7) is 2.93. The third-order valence-electron chi connectivity index (χ3n) is 5.72. The van der Waals surface area contributed by atoms with Gasteiger partial charge in [0.05, 0.1) is 26.3 Å². The summed E-state index contributed by atoms with van der Waals surface area (Å²) in [5.41, 5.74) is 2.17. The lowest BCUT2D eigenvalue weighted by Gasteiger charge is -2.23. The number of carbonyl (C=O) groups excluding carboxylic acids is 1. The lowest BCUT2D eigenvalue weighted by molar-refractivity contribution is -0.120. The number of nitrogens with zero attached hydrogens (tertiary/aromatic N) is 3. The van der Waals surface area contributed by atoms with E-state index in [1.807, 2.05) is 48.2 Å². The molecular formula is C25H22F2N4OS2. The van der Waals surface area contributed by atoms with Crippen molar-refractivity contribution in [2.24, 2.45) is 0 Å². The van der Waals surface area contributed by atoms with E-state index in [-0.39, 0.29) is 11.2 Å². The van der Waals surface area contributed by atoms with Crippen LogP contribution in [-0.2, 0) is 11.3 Å². The van der Waals surface area contributed by atoms with E-state index in [0.717, 1.165) is 26.3 Å². The molecule has 5 rings (SSSR count). The van der Waals surface area contributed by atoms with Crippen LogP contribution >= 0.6 is 23.1 Å². The highest BCUT2D eigenvalue weighted by Crippen LogP contribution is 2.34. The normalized spacial score (nSPS) is 18.4. The Kier molecular flexibility index (Phi) is 6.58. The number of likely N-dealkylation sites (tertiary alicyclic amines) is 1. The fourth-order valence-electron chi connectivity index (χ4n) is 4.20. The van der Waals surface area contributed by atoms with Crippen molar-refractivity contribution in [2.75, 3.05) is 11.9 Å². The van der Waals surface area contributed by atoms with Crippen LogP contribution in [0.3, 0.4) is 0 Å². The molecule has 1 saturated heterocycles. The molecule has 34 heavy (non-hydrogen) atoms. The summed E-state index contributed by atoms with van der Waals surface area (Å²) >= 11 is 3.24. The quantitative estimate of drug-likeness (QED) is 0.374. The summed E-state index contributed by atoms with van der Waals surface area (Å²) in [4.78, 5) is 24.3. The van der Waals surface area contributed by atoms with Crippen LogP contribution < -0.4 is 5.32 Å². The first-order valence-electron chi connectivity index (χ1n) is 10.9. The average Bonchev–Trinajstić information content (AvgIpc) is 3.38. The zero-order chi connectivity index (χ0) is 23.7. The maximum absolute atomic E-state index is 13.8. The third kappa shape index (κ3) is 5.11. The van der Waals surface area contributed by atoms with Crippen LogP contribution in [0.4, 0.5) is 14.5 Å². The molecule has 0 aliphatic carbocycles. The van der Waals surface area contributed by atoms with Gasteiger partial charge in [-0.2, -0.15) is 0 Å². The van der Waals surface area contributed by atoms with Crippen LogP contribution in [0.25, 0.3) is 10.2 Å². The number of anilines is 1. The van der Waals surface area contributed by atoms with E-state index in [9.17, 15) is 13.6 Å². The number of thiazole rings is 1. The molecule has 3 heterocycles. The average molecular weight is 497 g/mol. The molecule has 9 heteroatoms. The van der Waals surface area contributed by atoms with Crippen LogP contribution in [0.5, 0.6) is 0 Å². The number of aromatic nitrogens is 2. The zero-order valence-corrected chi connectivity index (χ0v) is 20.0. The number of carbonyl (C=O) groups is 1. The van der Waals surface area contributed by atoms with E-state index in [1.165, 1.54) is 6.07 Å². The fraction of sp³-hybridized carbons (Fsp3) is 0.240. The van der Waals surface area contributed by atoms with Gasteiger partial charge in [0.15, 0.2) is 11.6 Å². The SMILES string of the molecule is Cc1nc2cc(NC(=O)[C@@H]3C[C@H](Sc4ccccn4)CN3Cc3ccc(F)c(F)c3)ccc2s1. The number of benzene rings is 2. The largest absolute Gasteiger partial charge is 0.325 e. The summed E-state index contributed by atoms with van der Waals surface area (Å²) in [7, 11) is 0. The molecule has 4 aromatic rings. The predicted octanol–water partition coefficient (Wildman–Crippen LogP) is 5.65. The van der Waals surface area contributed by atoms with Gasteiger partial charge in [0.1, 0.15) is 0 Å². The zero-order valence-electron chi connectivity index (χ0n) is 18.4. The lowest BCUT2D eigenvalue weighted by Crippen LogP contribution is -2.39. The number of hydrogen-bond donors (Lipinski definition) is 1. The number of hydrogen-bond acceptors (Lipinski definition) is 6. The van der Waals surface area contributed by atoms with E-state index in [4.69, 9.17) is 0 Å². The number of nitrogens with one attached hydrogen (secondary N) is 1. The molecule has 0 unspecified atom stereocenters. The molecule has 0 spiro atoms. The number of aryl methyl sites for hydroxylation is 1. The van der Waals surface area contributed by atoms with Crippen molar-refractivity contribution in [3.63, 3.8) is 0 Å². The standard InChI is InChI=1S/C25H22F2N4OS2/c1-15-29-21-11-17(6-8-23(21)33-15)30-25(32)22-12-18(34-24-4-2-3-9-28-24)14-31(22)13-16-5-7-19(26)20(27)10-16/h2-11,18,22H,12-14H2,1H3,(H,30,32)/t18-,22-/m0/s1. The first-order chi connectivity index (χ1) is 16.4. The highest BCUT2D eigenvalue weighted by molar-refractivity contribution is 7.99. The Morgan fingerprint density at radius 1 is 1.18 bits per heavy atom. The molecule has 1 fully saturated rings. The summed E-state index contributed by atoms with van der Waals surface area (Å²) in [5.74, 6) is -1.89. The molecule has 174 valence electrons. The first-order valence-corrected chi connectivity index (χ1v) is 12.6. The van der Waals surface area contributed by atoms with Gasteiger partial charge >= 0.3 is 0 Å². The molecule has 0 bridgehead atoms. The van der Waals surface area contributed by atoms with Crippen molar-refractivity contribution < 1.29 is 13.6 Å². The van der Waals surface area contributed by atoms with Crippen LogP contribution in [0, 0.1) is 18.6 Å². The monoisotopic (exact) mass is 496 g/mol. The van der Waals surface area contributed by atoms with Gasteiger partial charge < -0.3 is 5.32 Å². The van der Waals surface area contributed by atoms with E-state index in [0.29, 0.717) is 30.8 Å². The Labute approximate surface area is 204 Å². The lowest BCUT2D eigenvalue weighted by atomic mass is 10.1. The van der Waals surface area contributed by atoms with Gasteiger partial charge in [-0.3, -0.25) is 9.69 Å². The number of halogens is 2. The molecule has 2 atom stereocenters. The minimum Gasteiger partial charge on any atom is -0.325 e. The minimum absolute atomic E-state index is 0.127. The van der Waals surface area contributed by atoms with Crippen molar-refractivity contribution in [2.45, 2.75) is 36.2 Å². The van der Waals surface area contributed by atoms with Crippen molar-refractivity contribution in [3.8, 4) is 0 Å². The summed E-state index contributed by atoms with van der Waals surface area (Å²) in [5, 5.41) is 5.04. The highest BCUT2D eigenvalue weighted by Gasteiger charge is 2.37. The van der Waals surface area contributed by atoms with Gasteiger partial charge in [-0.1, -0.05) is 12.1 Å². The van der Waals surface area contributed by atoms with Crippen LogP contribution in [-0.4, -0.2) is 38.6 Å². The van der Waals surface area contributed by atoms with Crippen molar-refractivity contribution in [3.05, 3.63) is 83.0 Å². The van der Waals surface area contributed by atoms with Gasteiger partial charge in [-0.15, -0.1) is 23.1 Å². The van der Waals surface area contributed by atoms with Gasteiger partial charge in [0.25, 0.3) is 0 Å². The molecular weight excluding hydrogens is 474 g/mol. The molecule has 1 N–H and O–H groups in total. The number of fused-ring (bicyclic) bond motifs is 1. The van der Waals surface area contributed by atoms with Crippen LogP contribution in [0.1, 0.15) is 17.0 Å². The molecule has 2 aromatic carbocycles. The Hall–Kier alpha value is -2.88. The Morgan fingerprint density at radius 2 is 2.06 bits per heavy atom. The van der Waals surface area contributed by atoms with Gasteiger partial charge in [-0.05, 0) is 61.4 Å². The molecule has 1 amide bonds. The fourth-order valence-corrected chi connectivity index (χ4v) is 6.17. The number of thioether (sulfide) groups is 1. The topological polar surface area (TPSA) is 58.1 Å². The van der Waals surface area contributed by atoms with E-state index in [2.05, 4.69) is 15.3 Å². The minimum atomic E-state index is -0.885. The predicted molar refractivity (Wildman–Crippen MR) is 132 cm³/mol. The van der Waals surface area contributed by atoms with E-state index >= 15 is 0 Å². The van der Waals surface area contributed by atoms with Crippen LogP contribution in [0.15, 0.2) is 65.8 Å². The second kappa shape index (κ2) is 9.77. The highest BCUT2D eigenvalue weighted by atomic mass is 32.2. The second-order valence-corrected chi connectivity index (χ2v) is 10.8. The van der Waals surface area contributed by atoms with Gasteiger partial charge in [-0.25, -0.2) is 18.7 Å². The Balaban J connectivity index is 1.35. The third-order valence-corrected chi connectivity index (χ3v) is 7.83. The maximum atomic E-state index is 13.8. The van der Waals surface area contributed by atoms with E-state index < -0.39 is 17.7 Å². The molecule has 1 aliphatic heterocycles. The Bertz CT molecular complexity index is 1330. The molecule has 5 nitrogen and oxygen atoms in total. The number of rotatable bonds is 6. The van der Waals surface area contributed by atoms with Crippen molar-refractivity contribution >= 4 is 44.9 Å². The van der Waals surface area contributed by atoms with Crippen LogP contribution in [0.2, 0.25) is 0 Å². The molecule has 0 radical (unpaired) electrons. The van der Waals surface area contributed by atoms with Crippen molar-refractivity contribution in [1.82, 2.24) is 14.9 Å². The summed E-state index contributed by atoms with van der Waals surface area (Å²) in [6, 6.07) is 14.9. The van der Waals surface area contributed by atoms with Gasteiger partial charge in [0.2, 0.25) is 5.91 Å². The first kappa shape index (κ1) is 22.9.